The molecular formula is C16H27N3OS. The number of nitrogens with one attached hydrogen (secondary N) is 1. The van der Waals surface area contributed by atoms with Crippen molar-refractivity contribution in [2.24, 2.45) is 5.73 Å². The summed E-state index contributed by atoms with van der Waals surface area (Å²) in [6, 6.07) is 8.01. The van der Waals surface area contributed by atoms with Crippen molar-refractivity contribution in [1.29, 1.82) is 0 Å². The lowest BCUT2D eigenvalue weighted by atomic mass is 10.2. The van der Waals surface area contributed by atoms with Gasteiger partial charge in [0, 0.05) is 25.3 Å². The molecular weight excluding hydrogens is 282 g/mol. The van der Waals surface area contributed by atoms with Crippen molar-refractivity contribution in [1.82, 2.24) is 5.32 Å². The summed E-state index contributed by atoms with van der Waals surface area (Å²) in [4.78, 5) is 14.1. The summed E-state index contributed by atoms with van der Waals surface area (Å²) in [5.74, 6) is 0.864. The highest BCUT2D eigenvalue weighted by Gasteiger charge is 2.12. The number of aryl methyl sites for hydroxylation is 1. The van der Waals surface area contributed by atoms with E-state index in [1.54, 1.807) is 11.8 Å². The van der Waals surface area contributed by atoms with E-state index in [1.807, 2.05) is 6.26 Å². The van der Waals surface area contributed by atoms with Crippen LogP contribution in [-0.4, -0.2) is 43.6 Å². The molecule has 1 aromatic rings. The number of anilines is 1. The van der Waals surface area contributed by atoms with Gasteiger partial charge in [-0.2, -0.15) is 11.8 Å². The number of nitrogens with zero attached hydrogens (tertiary/aromatic N) is 1. The molecule has 1 rings (SSSR count). The zero-order chi connectivity index (χ0) is 15.7. The monoisotopic (exact) mass is 309 g/mol. The average molecular weight is 309 g/mol. The Kier molecular flexibility index (Phi) is 8.23. The van der Waals surface area contributed by atoms with Gasteiger partial charge in [-0.15, -0.1) is 0 Å². The zero-order valence-electron chi connectivity index (χ0n) is 13.3. The normalized spacial score (nSPS) is 12.0. The number of likely N-dealkylation sites (N-methyl/N-ethyl adjacent to an activating group) is 1. The van der Waals surface area contributed by atoms with Gasteiger partial charge in [0.25, 0.3) is 0 Å². The molecule has 4 nitrogen and oxygen atoms in total. The zero-order valence-corrected chi connectivity index (χ0v) is 14.1. The Balaban J connectivity index is 2.40. The van der Waals surface area contributed by atoms with E-state index in [1.165, 1.54) is 11.3 Å². The third kappa shape index (κ3) is 6.40. The van der Waals surface area contributed by atoms with E-state index in [0.717, 1.165) is 25.3 Å². The second-order valence-corrected chi connectivity index (χ2v) is 6.08. The Morgan fingerprint density at radius 3 is 2.86 bits per heavy atom. The van der Waals surface area contributed by atoms with Crippen LogP contribution in [0.25, 0.3) is 0 Å². The summed E-state index contributed by atoms with van der Waals surface area (Å²) in [6.07, 6.45) is 2.74. The Morgan fingerprint density at radius 1 is 1.48 bits per heavy atom. The average Bonchev–Trinajstić information content (AvgIpc) is 2.48. The molecule has 1 amide bonds. The molecule has 0 radical (unpaired) electrons. The largest absolute Gasteiger partial charge is 0.370 e. The Bertz CT molecular complexity index is 439. The lowest BCUT2D eigenvalue weighted by molar-refractivity contribution is -0.122. The van der Waals surface area contributed by atoms with Crippen LogP contribution in [0.1, 0.15) is 18.9 Å². The van der Waals surface area contributed by atoms with Gasteiger partial charge in [0.2, 0.25) is 5.91 Å². The van der Waals surface area contributed by atoms with Crippen LogP contribution in [0.3, 0.4) is 0 Å². The van der Waals surface area contributed by atoms with Gasteiger partial charge >= 0.3 is 0 Å². The quantitative estimate of drug-likeness (QED) is 0.733. The van der Waals surface area contributed by atoms with E-state index in [-0.39, 0.29) is 5.91 Å². The summed E-state index contributed by atoms with van der Waals surface area (Å²) in [7, 11) is 0. The van der Waals surface area contributed by atoms with E-state index in [2.05, 4.69) is 48.3 Å². The van der Waals surface area contributed by atoms with E-state index in [9.17, 15) is 4.79 Å². The summed E-state index contributed by atoms with van der Waals surface area (Å²) in [5, 5.41) is 2.93. The lowest BCUT2D eigenvalue weighted by Crippen LogP contribution is -2.44. The highest BCUT2D eigenvalue weighted by molar-refractivity contribution is 7.98. The topological polar surface area (TPSA) is 58.4 Å². The molecule has 0 aliphatic heterocycles. The van der Waals surface area contributed by atoms with Crippen LogP contribution >= 0.6 is 11.8 Å². The van der Waals surface area contributed by atoms with Crippen molar-refractivity contribution in [3.05, 3.63) is 29.8 Å². The van der Waals surface area contributed by atoms with Crippen molar-refractivity contribution in [2.45, 2.75) is 26.3 Å². The standard InChI is InChI=1S/C16H27N3OS/c1-4-19(14-7-5-6-13(2)12-14)10-9-18-16(20)15(17)8-11-21-3/h5-7,12,15H,4,8-11,17H2,1-3H3,(H,18,20)/t15-/m0/s1. The number of amides is 1. The molecule has 1 atom stereocenters. The molecule has 0 aliphatic rings. The molecule has 0 fully saturated rings. The molecule has 118 valence electrons. The van der Waals surface area contributed by atoms with Gasteiger partial charge in [0.15, 0.2) is 0 Å². The smallest absolute Gasteiger partial charge is 0.237 e. The van der Waals surface area contributed by atoms with Gasteiger partial charge < -0.3 is 16.0 Å². The predicted molar refractivity (Wildman–Crippen MR) is 93.1 cm³/mol. The van der Waals surface area contributed by atoms with E-state index in [4.69, 9.17) is 5.73 Å². The summed E-state index contributed by atoms with van der Waals surface area (Å²) in [6.45, 7) is 6.53. The summed E-state index contributed by atoms with van der Waals surface area (Å²) < 4.78 is 0. The molecule has 5 heteroatoms. The van der Waals surface area contributed by atoms with Crippen LogP contribution < -0.4 is 16.0 Å². The molecule has 0 saturated carbocycles. The molecule has 0 heterocycles. The SMILES string of the molecule is CCN(CCNC(=O)[C@@H](N)CCSC)c1cccc(C)c1. The maximum Gasteiger partial charge on any atom is 0.237 e. The van der Waals surface area contributed by atoms with Gasteiger partial charge in [-0.25, -0.2) is 0 Å². The van der Waals surface area contributed by atoms with E-state index in [0.29, 0.717) is 6.54 Å². The third-order valence-electron chi connectivity index (χ3n) is 3.40. The highest BCUT2D eigenvalue weighted by atomic mass is 32.2. The molecule has 0 saturated heterocycles. The fourth-order valence-electron chi connectivity index (χ4n) is 2.12. The number of nitrogens with two attached hydrogens (primary N) is 1. The maximum absolute atomic E-state index is 11.8. The molecule has 0 aliphatic carbocycles. The number of thioether (sulfide) groups is 1. The van der Waals surface area contributed by atoms with Crippen LogP contribution in [0.5, 0.6) is 0 Å². The van der Waals surface area contributed by atoms with Gasteiger partial charge in [-0.3, -0.25) is 4.79 Å². The van der Waals surface area contributed by atoms with Crippen LogP contribution in [0, 0.1) is 6.92 Å². The van der Waals surface area contributed by atoms with Gasteiger partial charge in [-0.05, 0) is 50.0 Å². The number of carbonyl (C=O) groups excluding carboxylic acids is 1. The molecule has 0 aromatic heterocycles. The van der Waals surface area contributed by atoms with Gasteiger partial charge in [-0.1, -0.05) is 12.1 Å². The van der Waals surface area contributed by atoms with E-state index < -0.39 is 6.04 Å². The fourth-order valence-corrected chi connectivity index (χ4v) is 2.61. The number of carbonyl (C=O) groups is 1. The second kappa shape index (κ2) is 9.68. The lowest BCUT2D eigenvalue weighted by Gasteiger charge is -2.24. The number of rotatable bonds is 9. The minimum atomic E-state index is -0.397. The Hall–Kier alpha value is -1.20. The summed E-state index contributed by atoms with van der Waals surface area (Å²) >= 11 is 1.71. The van der Waals surface area contributed by atoms with Gasteiger partial charge in [0.1, 0.15) is 0 Å². The van der Waals surface area contributed by atoms with Crippen molar-refractivity contribution in [3.8, 4) is 0 Å². The first-order valence-electron chi connectivity index (χ1n) is 7.42. The van der Waals surface area contributed by atoms with Crippen LogP contribution in [0.15, 0.2) is 24.3 Å². The number of benzene rings is 1. The second-order valence-electron chi connectivity index (χ2n) is 5.10. The van der Waals surface area contributed by atoms with Crippen LogP contribution in [0.4, 0.5) is 5.69 Å². The van der Waals surface area contributed by atoms with Crippen LogP contribution in [0.2, 0.25) is 0 Å². The molecule has 0 spiro atoms. The molecule has 21 heavy (non-hydrogen) atoms. The Labute approximate surface area is 132 Å². The highest BCUT2D eigenvalue weighted by Crippen LogP contribution is 2.14. The maximum atomic E-state index is 11.8. The Morgan fingerprint density at radius 2 is 2.24 bits per heavy atom. The van der Waals surface area contributed by atoms with E-state index >= 15 is 0 Å². The minimum absolute atomic E-state index is 0.0515. The van der Waals surface area contributed by atoms with Gasteiger partial charge in [0.05, 0.1) is 6.04 Å². The molecule has 0 unspecified atom stereocenters. The number of hydrogen-bond acceptors (Lipinski definition) is 4. The molecule has 0 bridgehead atoms. The molecule has 1 aromatic carbocycles. The van der Waals surface area contributed by atoms with Crippen molar-refractivity contribution < 1.29 is 4.79 Å². The summed E-state index contributed by atoms with van der Waals surface area (Å²) in [5.41, 5.74) is 8.28. The first kappa shape index (κ1) is 17.9. The predicted octanol–water partition coefficient (Wildman–Crippen LogP) is 2.02. The third-order valence-corrected chi connectivity index (χ3v) is 4.04. The minimum Gasteiger partial charge on any atom is -0.370 e. The number of hydrogen-bond donors (Lipinski definition) is 2. The first-order valence-corrected chi connectivity index (χ1v) is 8.81. The van der Waals surface area contributed by atoms with Crippen molar-refractivity contribution in [2.75, 3.05) is 36.5 Å². The first-order chi connectivity index (χ1) is 10.1. The molecule has 3 N–H and O–H groups in total. The van der Waals surface area contributed by atoms with Crippen molar-refractivity contribution >= 4 is 23.4 Å². The van der Waals surface area contributed by atoms with Crippen molar-refractivity contribution in [3.63, 3.8) is 0 Å². The van der Waals surface area contributed by atoms with Crippen LogP contribution in [-0.2, 0) is 4.79 Å². The fraction of sp³-hybridized carbons (Fsp3) is 0.562.